The number of piperazine rings is 1. The van der Waals surface area contributed by atoms with E-state index >= 15 is 0 Å². The van der Waals surface area contributed by atoms with Gasteiger partial charge in [-0.15, -0.1) is 0 Å². The molecule has 0 spiro atoms. The lowest BCUT2D eigenvalue weighted by molar-refractivity contribution is -0.384. The molecule has 61 heavy (non-hydrogen) atoms. The second-order valence-corrected chi connectivity index (χ2v) is 19.1. The van der Waals surface area contributed by atoms with Crippen LogP contribution in [0.25, 0.3) is 16.5 Å². The lowest BCUT2D eigenvalue weighted by atomic mass is 9.72. The van der Waals surface area contributed by atoms with E-state index < -0.39 is 31.4 Å². The molecule has 5 aromatic rings. The first-order chi connectivity index (χ1) is 29.3. The summed E-state index contributed by atoms with van der Waals surface area (Å²) in [6.07, 6.45) is 7.74. The average molecular weight is 867 g/mol. The number of aromatic nitrogens is 1. The molecule has 1 amide bonds. The molecule has 15 heteroatoms. The Balaban J connectivity index is 1.00. The van der Waals surface area contributed by atoms with Gasteiger partial charge < -0.3 is 24.7 Å². The van der Waals surface area contributed by atoms with E-state index in [9.17, 15) is 23.3 Å². The highest BCUT2D eigenvalue weighted by Gasteiger charge is 2.30. The highest BCUT2D eigenvalue weighted by Crippen LogP contribution is 2.43. The Morgan fingerprint density at radius 2 is 1.80 bits per heavy atom. The number of rotatable bonds is 13. The van der Waals surface area contributed by atoms with Crippen molar-refractivity contribution in [2.45, 2.75) is 63.4 Å². The average Bonchev–Trinajstić information content (AvgIpc) is 3.72. The maximum absolute atomic E-state index is 13.9. The molecule has 0 saturated carbocycles. The van der Waals surface area contributed by atoms with Crippen LogP contribution in [0.15, 0.2) is 102 Å². The van der Waals surface area contributed by atoms with Gasteiger partial charge in [0.05, 0.1) is 21.5 Å². The molecule has 3 N–H and O–H groups in total. The zero-order chi connectivity index (χ0) is 42.7. The van der Waals surface area contributed by atoms with Gasteiger partial charge in [-0.25, -0.2) is 13.1 Å². The van der Waals surface area contributed by atoms with Crippen LogP contribution >= 0.6 is 11.6 Å². The third-order valence-electron chi connectivity index (χ3n) is 12.0. The predicted octanol–water partition coefficient (Wildman–Crippen LogP) is 9.41. The molecule has 4 aromatic carbocycles. The molecule has 1 unspecified atom stereocenters. The summed E-state index contributed by atoms with van der Waals surface area (Å²) < 4.78 is 41.6. The Kier molecular flexibility index (Phi) is 12.4. The Labute approximate surface area is 361 Å². The molecule has 0 bridgehead atoms. The fourth-order valence-electron chi connectivity index (χ4n) is 8.51. The number of carbonyl (C=O) groups is 1. The van der Waals surface area contributed by atoms with E-state index in [4.69, 9.17) is 21.1 Å². The Morgan fingerprint density at radius 1 is 1.00 bits per heavy atom. The Bertz CT molecular complexity index is 2560. The lowest BCUT2D eigenvalue weighted by Crippen LogP contribution is -2.47. The van der Waals surface area contributed by atoms with E-state index in [1.54, 1.807) is 24.3 Å². The maximum Gasteiger partial charge on any atom is 0.293 e. The quantitative estimate of drug-likeness (QED) is 0.0769. The van der Waals surface area contributed by atoms with Gasteiger partial charge in [0, 0.05) is 85.8 Å². The number of nitrogens with one attached hydrogen (secondary N) is 3. The van der Waals surface area contributed by atoms with Crippen LogP contribution in [0, 0.1) is 15.5 Å². The van der Waals surface area contributed by atoms with Crippen LogP contribution in [0.2, 0.25) is 5.02 Å². The fourth-order valence-corrected chi connectivity index (χ4v) is 9.62. The van der Waals surface area contributed by atoms with Gasteiger partial charge in [-0.2, -0.15) is 0 Å². The highest BCUT2D eigenvalue weighted by molar-refractivity contribution is 7.90. The van der Waals surface area contributed by atoms with Crippen molar-refractivity contribution in [2.24, 2.45) is 5.41 Å². The first-order valence-electron chi connectivity index (χ1n) is 20.8. The SMILES string of the molecule is CC1(C)CCC(CN2CCN(c3ccc(C(=O)NS(=O)(=O)c4ccc(NCC5CCCCO5)c([N+](=O)[O-])c4)c(Oc4ccc5[nH]ccc5c4)c3)CC2)=C(c2ccc(Cl)cc2)C1. The van der Waals surface area contributed by atoms with E-state index in [-0.39, 0.29) is 28.5 Å². The number of halogens is 1. The number of nitrogens with zero attached hydrogens (tertiary/aromatic N) is 3. The van der Waals surface area contributed by atoms with Gasteiger partial charge in [0.2, 0.25) is 0 Å². The van der Waals surface area contributed by atoms with Gasteiger partial charge >= 0.3 is 0 Å². The molecular weight excluding hydrogens is 816 g/mol. The zero-order valence-electron chi connectivity index (χ0n) is 34.4. The molecule has 2 aliphatic heterocycles. The largest absolute Gasteiger partial charge is 0.456 e. The number of hydrogen-bond donors (Lipinski definition) is 3. The van der Waals surface area contributed by atoms with Crippen molar-refractivity contribution in [2.75, 3.05) is 56.1 Å². The van der Waals surface area contributed by atoms with Crippen molar-refractivity contribution in [3.05, 3.63) is 123 Å². The number of nitro benzene ring substituents is 1. The summed E-state index contributed by atoms with van der Waals surface area (Å²) in [6.45, 7) is 9.67. The van der Waals surface area contributed by atoms with Crippen LogP contribution in [0.4, 0.5) is 17.1 Å². The number of hydrogen-bond acceptors (Lipinski definition) is 10. The number of allylic oxidation sites excluding steroid dienone is 1. The van der Waals surface area contributed by atoms with Crippen LogP contribution in [0.1, 0.15) is 68.3 Å². The monoisotopic (exact) mass is 866 g/mol. The first-order valence-corrected chi connectivity index (χ1v) is 22.7. The molecule has 13 nitrogen and oxygen atoms in total. The molecule has 2 saturated heterocycles. The summed E-state index contributed by atoms with van der Waals surface area (Å²) >= 11 is 6.24. The summed E-state index contributed by atoms with van der Waals surface area (Å²) in [5.41, 5.74) is 5.81. The third-order valence-corrected chi connectivity index (χ3v) is 13.6. The number of aromatic amines is 1. The normalized spacial score (nSPS) is 18.5. The van der Waals surface area contributed by atoms with Crippen molar-refractivity contribution in [3.8, 4) is 11.5 Å². The minimum Gasteiger partial charge on any atom is -0.456 e. The topological polar surface area (TPSA) is 159 Å². The van der Waals surface area contributed by atoms with Gasteiger partial charge in [-0.05, 0) is 116 Å². The van der Waals surface area contributed by atoms with Gasteiger partial charge in [0.25, 0.3) is 21.6 Å². The molecule has 3 heterocycles. The van der Waals surface area contributed by atoms with Gasteiger partial charge in [0.15, 0.2) is 0 Å². The summed E-state index contributed by atoms with van der Waals surface area (Å²) in [5, 5.41) is 16.7. The van der Waals surface area contributed by atoms with Crippen molar-refractivity contribution in [3.63, 3.8) is 0 Å². The molecule has 0 radical (unpaired) electrons. The second-order valence-electron chi connectivity index (χ2n) is 16.9. The summed E-state index contributed by atoms with van der Waals surface area (Å²) in [4.78, 5) is 32.8. The van der Waals surface area contributed by atoms with Gasteiger partial charge in [0.1, 0.15) is 17.2 Å². The number of nitro groups is 1. The Morgan fingerprint density at radius 3 is 2.56 bits per heavy atom. The standard InChI is InChI=1S/C46H51ClN6O7S/c1-46(2)18-16-33(40(28-46)31-6-8-34(47)9-7-31)30-51-20-22-52(23-21-51)35-10-13-39(44(26-35)60-36-11-14-41-32(25-36)17-19-48-41)45(54)50-61(57,58)38-12-15-42(43(27-38)53(55)56)49-29-37-5-3-4-24-59-37/h6-15,17,19,25-27,37,48-49H,3-5,16,18,20-24,28-30H2,1-2H3,(H,50,54). The number of benzene rings is 4. The smallest absolute Gasteiger partial charge is 0.293 e. The second kappa shape index (κ2) is 17.9. The van der Waals surface area contributed by atoms with Crippen molar-refractivity contribution in [1.29, 1.82) is 0 Å². The molecule has 1 aliphatic carbocycles. The van der Waals surface area contributed by atoms with E-state index in [1.807, 2.05) is 36.5 Å². The number of ether oxygens (including phenoxy) is 2. The zero-order valence-corrected chi connectivity index (χ0v) is 36.0. The lowest BCUT2D eigenvalue weighted by Gasteiger charge is -2.39. The molecule has 3 aliphatic rings. The van der Waals surface area contributed by atoms with Crippen LogP contribution in [0.3, 0.4) is 0 Å². The summed E-state index contributed by atoms with van der Waals surface area (Å²) in [6, 6.07) is 24.2. The maximum atomic E-state index is 13.9. The predicted molar refractivity (Wildman–Crippen MR) is 239 cm³/mol. The van der Waals surface area contributed by atoms with Crippen LogP contribution in [-0.4, -0.2) is 81.1 Å². The van der Waals surface area contributed by atoms with Crippen LogP contribution < -0.4 is 19.7 Å². The number of H-pyrrole nitrogens is 1. The van der Waals surface area contributed by atoms with Crippen LogP contribution in [0.5, 0.6) is 11.5 Å². The highest BCUT2D eigenvalue weighted by atomic mass is 35.5. The van der Waals surface area contributed by atoms with E-state index in [0.717, 1.165) is 98.9 Å². The van der Waals surface area contributed by atoms with Crippen LogP contribution in [-0.2, 0) is 14.8 Å². The summed E-state index contributed by atoms with van der Waals surface area (Å²) in [7, 11) is -4.55. The number of fused-ring (bicyclic) bond motifs is 1. The molecule has 320 valence electrons. The first kappa shape index (κ1) is 42.3. The molecular formula is C46H51ClN6O7S. The minimum absolute atomic E-state index is 0.0118. The number of amides is 1. The third kappa shape index (κ3) is 10.0. The number of carbonyl (C=O) groups excluding carboxylic acids is 1. The van der Waals surface area contributed by atoms with Gasteiger partial charge in [-0.1, -0.05) is 43.2 Å². The number of sulfonamides is 1. The number of anilines is 2. The summed E-state index contributed by atoms with van der Waals surface area (Å²) in [5.74, 6) is -0.307. The van der Waals surface area contributed by atoms with Gasteiger partial charge in [-0.3, -0.25) is 19.8 Å². The molecule has 1 aromatic heterocycles. The Hall–Kier alpha value is -5.41. The molecule has 8 rings (SSSR count). The van der Waals surface area contributed by atoms with E-state index in [0.29, 0.717) is 18.9 Å². The van der Waals surface area contributed by atoms with Crippen molar-refractivity contribution >= 4 is 61.1 Å². The minimum atomic E-state index is -4.55. The molecule has 2 fully saturated rings. The fraction of sp³-hybridized carbons (Fsp3) is 0.370. The van der Waals surface area contributed by atoms with Crippen molar-refractivity contribution < 1.29 is 27.6 Å². The van der Waals surface area contributed by atoms with E-state index in [2.05, 4.69) is 50.8 Å². The molecule has 1 atom stereocenters. The van der Waals surface area contributed by atoms with E-state index in [1.165, 1.54) is 28.8 Å². The van der Waals surface area contributed by atoms with Crippen molar-refractivity contribution in [1.82, 2.24) is 14.6 Å².